The summed E-state index contributed by atoms with van der Waals surface area (Å²) in [7, 11) is 2.04. The van der Waals surface area contributed by atoms with Crippen molar-refractivity contribution in [2.75, 3.05) is 20.1 Å². The summed E-state index contributed by atoms with van der Waals surface area (Å²) in [5, 5.41) is 11.6. The molecule has 96 valence electrons. The van der Waals surface area contributed by atoms with Gasteiger partial charge in [-0.1, -0.05) is 12.1 Å². The highest BCUT2D eigenvalue weighted by Crippen LogP contribution is 2.00. The van der Waals surface area contributed by atoms with E-state index in [2.05, 4.69) is 19.6 Å². The Hall–Kier alpha value is -1.56. The van der Waals surface area contributed by atoms with Gasteiger partial charge in [0, 0.05) is 31.4 Å². The molecule has 6 nitrogen and oxygen atoms in total. The van der Waals surface area contributed by atoms with E-state index < -0.39 is 0 Å². The predicted molar refractivity (Wildman–Crippen MR) is 66.9 cm³/mol. The molecule has 0 aliphatic carbocycles. The smallest absolute Gasteiger partial charge is 0.143 e. The van der Waals surface area contributed by atoms with Crippen LogP contribution < -0.4 is 5.73 Å². The summed E-state index contributed by atoms with van der Waals surface area (Å²) < 4.78 is 2.06. The molecule has 0 aliphatic heterocycles. The van der Waals surface area contributed by atoms with Gasteiger partial charge in [0.1, 0.15) is 5.84 Å². The number of imidazole rings is 1. The van der Waals surface area contributed by atoms with Crippen molar-refractivity contribution >= 4 is 5.84 Å². The van der Waals surface area contributed by atoms with Gasteiger partial charge in [-0.05, 0) is 20.0 Å². The molecule has 1 unspecified atom stereocenters. The monoisotopic (exact) mass is 239 g/mol. The van der Waals surface area contributed by atoms with E-state index in [1.54, 1.807) is 6.20 Å². The van der Waals surface area contributed by atoms with Crippen LogP contribution in [0.5, 0.6) is 0 Å². The van der Waals surface area contributed by atoms with E-state index in [1.165, 1.54) is 0 Å². The number of nitrogens with two attached hydrogens (primary N) is 1. The van der Waals surface area contributed by atoms with Crippen molar-refractivity contribution in [2.45, 2.75) is 19.9 Å². The number of aryl methyl sites for hydroxylation is 1. The maximum absolute atomic E-state index is 8.55. The molecule has 1 rings (SSSR count). The molecule has 3 N–H and O–H groups in total. The minimum atomic E-state index is 0.0678. The van der Waals surface area contributed by atoms with Gasteiger partial charge in [0.25, 0.3) is 0 Å². The zero-order valence-corrected chi connectivity index (χ0v) is 10.5. The lowest BCUT2D eigenvalue weighted by molar-refractivity contribution is 0.289. The Morgan fingerprint density at radius 1 is 1.65 bits per heavy atom. The van der Waals surface area contributed by atoms with E-state index >= 15 is 0 Å². The number of hydrogen-bond acceptors (Lipinski definition) is 4. The van der Waals surface area contributed by atoms with E-state index in [1.807, 2.05) is 26.5 Å². The van der Waals surface area contributed by atoms with Crippen molar-refractivity contribution in [1.29, 1.82) is 0 Å². The van der Waals surface area contributed by atoms with Gasteiger partial charge in [-0.15, -0.1) is 0 Å². The Labute approximate surface area is 102 Å². The zero-order chi connectivity index (χ0) is 12.7. The van der Waals surface area contributed by atoms with Crippen molar-refractivity contribution in [3.8, 4) is 0 Å². The third-order valence-corrected chi connectivity index (χ3v) is 2.72. The molecule has 6 heteroatoms. The molecule has 0 saturated heterocycles. The van der Waals surface area contributed by atoms with Gasteiger partial charge in [0.2, 0.25) is 0 Å². The van der Waals surface area contributed by atoms with E-state index in [-0.39, 0.29) is 11.8 Å². The van der Waals surface area contributed by atoms with Crippen LogP contribution in [-0.4, -0.2) is 45.6 Å². The van der Waals surface area contributed by atoms with Crippen molar-refractivity contribution in [3.05, 3.63) is 18.7 Å². The van der Waals surface area contributed by atoms with Gasteiger partial charge in [-0.25, -0.2) is 4.98 Å². The quantitative estimate of drug-likeness (QED) is 0.316. The van der Waals surface area contributed by atoms with Crippen molar-refractivity contribution < 1.29 is 5.21 Å². The largest absolute Gasteiger partial charge is 0.409 e. The van der Waals surface area contributed by atoms with Crippen LogP contribution in [0, 0.1) is 5.92 Å². The highest BCUT2D eigenvalue weighted by molar-refractivity contribution is 5.82. The molecule has 17 heavy (non-hydrogen) atoms. The van der Waals surface area contributed by atoms with E-state index in [0.717, 1.165) is 26.1 Å². The number of nitrogens with zero attached hydrogens (tertiary/aromatic N) is 4. The first-order chi connectivity index (χ1) is 8.13. The number of aromatic nitrogens is 2. The van der Waals surface area contributed by atoms with Crippen molar-refractivity contribution in [2.24, 2.45) is 16.8 Å². The molecular weight excluding hydrogens is 218 g/mol. The number of amidine groups is 1. The molecule has 1 atom stereocenters. The summed E-state index contributed by atoms with van der Waals surface area (Å²) in [4.78, 5) is 6.17. The molecule has 1 aromatic heterocycles. The highest BCUT2D eigenvalue weighted by atomic mass is 16.4. The third kappa shape index (κ3) is 4.86. The van der Waals surface area contributed by atoms with Gasteiger partial charge < -0.3 is 20.4 Å². The van der Waals surface area contributed by atoms with Crippen LogP contribution in [0.1, 0.15) is 13.3 Å². The fourth-order valence-corrected chi connectivity index (χ4v) is 1.69. The second-order valence-corrected chi connectivity index (χ2v) is 4.34. The van der Waals surface area contributed by atoms with Crippen LogP contribution in [0.2, 0.25) is 0 Å². The van der Waals surface area contributed by atoms with E-state index in [4.69, 9.17) is 10.9 Å². The normalized spacial score (nSPS) is 14.2. The molecule has 1 aromatic rings. The minimum absolute atomic E-state index is 0.0678. The van der Waals surface area contributed by atoms with Gasteiger partial charge >= 0.3 is 0 Å². The summed E-state index contributed by atoms with van der Waals surface area (Å²) >= 11 is 0. The Morgan fingerprint density at radius 3 is 3.00 bits per heavy atom. The van der Waals surface area contributed by atoms with Crippen LogP contribution in [0.4, 0.5) is 0 Å². The summed E-state index contributed by atoms with van der Waals surface area (Å²) in [6.07, 6.45) is 6.61. The molecule has 0 amide bonds. The molecule has 0 aromatic carbocycles. The average Bonchev–Trinajstić information content (AvgIpc) is 2.80. The SMILES string of the molecule is CC(CN(C)CCCn1ccnc1)C(N)=NO. The van der Waals surface area contributed by atoms with Crippen LogP contribution >= 0.6 is 0 Å². The molecule has 0 fully saturated rings. The molecule has 0 spiro atoms. The van der Waals surface area contributed by atoms with Crippen LogP contribution in [-0.2, 0) is 6.54 Å². The van der Waals surface area contributed by atoms with Crippen molar-refractivity contribution in [3.63, 3.8) is 0 Å². The van der Waals surface area contributed by atoms with Crippen LogP contribution in [0.3, 0.4) is 0 Å². The minimum Gasteiger partial charge on any atom is -0.409 e. The maximum Gasteiger partial charge on any atom is 0.143 e. The summed E-state index contributed by atoms with van der Waals surface area (Å²) in [5.74, 6) is 0.352. The van der Waals surface area contributed by atoms with Gasteiger partial charge in [0.05, 0.1) is 6.33 Å². The van der Waals surface area contributed by atoms with E-state index in [9.17, 15) is 0 Å². The summed E-state index contributed by atoms with van der Waals surface area (Å²) in [6.45, 7) is 4.67. The molecule has 0 saturated carbocycles. The zero-order valence-electron chi connectivity index (χ0n) is 10.5. The third-order valence-electron chi connectivity index (χ3n) is 2.72. The van der Waals surface area contributed by atoms with Gasteiger partial charge in [-0.3, -0.25) is 0 Å². The Kier molecular flexibility index (Phi) is 5.48. The fourth-order valence-electron chi connectivity index (χ4n) is 1.69. The number of rotatable bonds is 7. The topological polar surface area (TPSA) is 79.7 Å². The van der Waals surface area contributed by atoms with Gasteiger partial charge in [0.15, 0.2) is 0 Å². The number of oxime groups is 1. The predicted octanol–water partition coefficient (Wildman–Crippen LogP) is 0.587. The van der Waals surface area contributed by atoms with Crippen LogP contribution in [0.25, 0.3) is 0 Å². The Balaban J connectivity index is 2.19. The first-order valence-corrected chi connectivity index (χ1v) is 5.75. The highest BCUT2D eigenvalue weighted by Gasteiger charge is 2.10. The van der Waals surface area contributed by atoms with Gasteiger partial charge in [-0.2, -0.15) is 0 Å². The first-order valence-electron chi connectivity index (χ1n) is 5.75. The Bertz CT molecular complexity index is 336. The Morgan fingerprint density at radius 2 is 2.41 bits per heavy atom. The standard InChI is InChI=1S/C11H21N5O/c1-10(11(12)14-17)8-15(2)5-3-6-16-7-4-13-9-16/h4,7,9-10,17H,3,5-6,8H2,1-2H3,(H2,12,14). The summed E-state index contributed by atoms with van der Waals surface area (Å²) in [5.41, 5.74) is 5.53. The van der Waals surface area contributed by atoms with Crippen LogP contribution in [0.15, 0.2) is 23.9 Å². The molecule has 0 radical (unpaired) electrons. The lowest BCUT2D eigenvalue weighted by Crippen LogP contribution is -2.33. The second-order valence-electron chi connectivity index (χ2n) is 4.34. The lowest BCUT2D eigenvalue weighted by Gasteiger charge is -2.20. The molecule has 1 heterocycles. The van der Waals surface area contributed by atoms with E-state index in [0.29, 0.717) is 0 Å². The second kappa shape index (κ2) is 6.90. The average molecular weight is 239 g/mol. The first kappa shape index (κ1) is 13.5. The van der Waals surface area contributed by atoms with Crippen molar-refractivity contribution in [1.82, 2.24) is 14.5 Å². The maximum atomic E-state index is 8.55. The molecule has 0 bridgehead atoms. The summed E-state index contributed by atoms with van der Waals surface area (Å²) in [6, 6.07) is 0. The fraction of sp³-hybridized carbons (Fsp3) is 0.636. The number of hydrogen-bond donors (Lipinski definition) is 2. The molecular formula is C11H21N5O. The lowest BCUT2D eigenvalue weighted by atomic mass is 10.1. The molecule has 0 aliphatic rings.